The molecular weight excluding hydrogens is 583 g/mol. The van der Waals surface area contributed by atoms with Gasteiger partial charge in [-0.1, -0.05) is 6.07 Å². The molecule has 0 atom stereocenters. The summed E-state index contributed by atoms with van der Waals surface area (Å²) in [5.74, 6) is -1.18. The Kier molecular flexibility index (Phi) is 12.9. The minimum atomic E-state index is -0.746. The monoisotopic (exact) mass is 622 g/mol. The third-order valence-electron chi connectivity index (χ3n) is 6.42. The molecule has 3 rings (SSSR count). The first-order chi connectivity index (χ1) is 21.5. The topological polar surface area (TPSA) is 159 Å². The number of hydrogen-bond acceptors (Lipinski definition) is 9. The van der Waals surface area contributed by atoms with Crippen molar-refractivity contribution in [2.45, 2.75) is 59.8 Å². The number of carbonyl (C=O) groups excluding carboxylic acids is 3. The number of ether oxygens (including phenoxy) is 3. The van der Waals surface area contributed by atoms with E-state index in [9.17, 15) is 23.9 Å². The van der Waals surface area contributed by atoms with Crippen molar-refractivity contribution in [2.24, 2.45) is 0 Å². The molecule has 0 bridgehead atoms. The van der Waals surface area contributed by atoms with E-state index in [1.165, 1.54) is 24.3 Å². The molecule has 0 saturated heterocycles. The lowest BCUT2D eigenvalue weighted by Gasteiger charge is -2.20. The van der Waals surface area contributed by atoms with E-state index >= 15 is 0 Å². The zero-order valence-corrected chi connectivity index (χ0v) is 25.8. The van der Waals surface area contributed by atoms with E-state index in [1.807, 2.05) is 13.8 Å². The van der Waals surface area contributed by atoms with Gasteiger partial charge in [-0.25, -0.2) is 9.18 Å². The van der Waals surface area contributed by atoms with Gasteiger partial charge in [0.05, 0.1) is 31.5 Å². The van der Waals surface area contributed by atoms with Crippen molar-refractivity contribution in [3.63, 3.8) is 0 Å². The number of amidine groups is 1. The molecule has 0 aromatic heterocycles. The van der Waals surface area contributed by atoms with E-state index in [0.717, 1.165) is 17.2 Å². The highest BCUT2D eigenvalue weighted by molar-refractivity contribution is 6.08. The van der Waals surface area contributed by atoms with E-state index < -0.39 is 17.8 Å². The summed E-state index contributed by atoms with van der Waals surface area (Å²) >= 11 is 0. The molecule has 0 unspecified atom stereocenters. The summed E-state index contributed by atoms with van der Waals surface area (Å²) in [6.07, 6.45) is -0.469. The Morgan fingerprint density at radius 1 is 0.978 bits per heavy atom. The highest BCUT2D eigenvalue weighted by Gasteiger charge is 2.18. The molecule has 0 fully saturated rings. The van der Waals surface area contributed by atoms with E-state index in [-0.39, 0.29) is 56.3 Å². The van der Waals surface area contributed by atoms with Crippen LogP contribution in [0.15, 0.2) is 54.6 Å². The fourth-order valence-corrected chi connectivity index (χ4v) is 4.43. The van der Waals surface area contributed by atoms with Gasteiger partial charge in [-0.2, -0.15) is 0 Å². The SMILES string of the molecule is CCOC(=O)CCc1c(CNc2ccc(F)cc2C(=O)Nc2ccc(C(=N)NC(=O)OCC)cc2)cc(CO)cc1OC(C)C. The zero-order chi connectivity index (χ0) is 32.9. The molecule has 45 heavy (non-hydrogen) atoms. The number of nitrogens with one attached hydrogen (secondary N) is 4. The average Bonchev–Trinajstić information content (AvgIpc) is 2.99. The highest BCUT2D eigenvalue weighted by Crippen LogP contribution is 2.29. The van der Waals surface area contributed by atoms with E-state index in [2.05, 4.69) is 16.0 Å². The van der Waals surface area contributed by atoms with E-state index in [4.69, 9.17) is 19.6 Å². The lowest BCUT2D eigenvalue weighted by atomic mass is 9.98. The van der Waals surface area contributed by atoms with Gasteiger partial charge in [-0.15, -0.1) is 0 Å². The number of hydrogen-bond donors (Lipinski definition) is 5. The molecule has 0 saturated carbocycles. The number of carbonyl (C=O) groups is 3. The molecule has 0 aliphatic heterocycles. The fourth-order valence-electron chi connectivity index (χ4n) is 4.43. The number of anilines is 2. The number of halogens is 1. The van der Waals surface area contributed by atoms with Gasteiger partial charge in [0.1, 0.15) is 17.4 Å². The van der Waals surface area contributed by atoms with Crippen molar-refractivity contribution in [3.05, 3.63) is 88.2 Å². The Balaban J connectivity index is 1.83. The molecule has 11 nitrogen and oxygen atoms in total. The van der Waals surface area contributed by atoms with Gasteiger partial charge in [-0.05, 0) is 99.3 Å². The molecule has 0 heterocycles. The second-order valence-electron chi connectivity index (χ2n) is 10.2. The maximum absolute atomic E-state index is 14.3. The first-order valence-corrected chi connectivity index (χ1v) is 14.6. The fraction of sp³-hybridized carbons (Fsp3) is 0.333. The van der Waals surface area contributed by atoms with Gasteiger partial charge >= 0.3 is 12.1 Å². The molecule has 3 aromatic carbocycles. The molecule has 2 amide bonds. The second-order valence-corrected chi connectivity index (χ2v) is 10.2. The van der Waals surface area contributed by atoms with Gasteiger partial charge in [-0.3, -0.25) is 20.3 Å². The molecule has 240 valence electrons. The van der Waals surface area contributed by atoms with Gasteiger partial charge in [0.15, 0.2) is 0 Å². The Hall–Kier alpha value is -4.97. The summed E-state index contributed by atoms with van der Waals surface area (Å²) in [5.41, 5.74) is 3.25. The summed E-state index contributed by atoms with van der Waals surface area (Å²) in [7, 11) is 0. The summed E-state index contributed by atoms with van der Waals surface area (Å²) < 4.78 is 30.2. The van der Waals surface area contributed by atoms with Crippen molar-refractivity contribution >= 4 is 35.2 Å². The van der Waals surface area contributed by atoms with Crippen LogP contribution in [0.3, 0.4) is 0 Å². The van der Waals surface area contributed by atoms with Gasteiger partial charge < -0.3 is 30.0 Å². The summed E-state index contributed by atoms with van der Waals surface area (Å²) in [6.45, 7) is 7.51. The molecule has 5 N–H and O–H groups in total. The van der Waals surface area contributed by atoms with Crippen LogP contribution in [-0.2, 0) is 33.8 Å². The minimum Gasteiger partial charge on any atom is -0.491 e. The van der Waals surface area contributed by atoms with Gasteiger partial charge in [0, 0.05) is 29.9 Å². The predicted octanol–water partition coefficient (Wildman–Crippen LogP) is 5.54. The maximum atomic E-state index is 14.3. The van der Waals surface area contributed by atoms with Gasteiger partial charge in [0.2, 0.25) is 0 Å². The molecular formula is C33H39FN4O7. The number of rotatable bonds is 14. The standard InChI is InChI=1S/C33H39FN4O7/c1-5-43-30(40)14-12-26-23(15-21(19-39)16-29(26)45-20(3)4)18-36-28-13-9-24(34)17-27(28)32(41)37-25-10-7-22(8-11-25)31(35)38-33(42)44-6-2/h7-11,13,15-17,20,36,39H,5-6,12,14,18-19H2,1-4H3,(H,37,41)(H2,35,38,42). The van der Waals surface area contributed by atoms with Crippen LogP contribution in [0.25, 0.3) is 0 Å². The van der Waals surface area contributed by atoms with Crippen molar-refractivity contribution in [1.82, 2.24) is 5.32 Å². The normalized spacial score (nSPS) is 10.6. The first-order valence-electron chi connectivity index (χ1n) is 14.6. The lowest BCUT2D eigenvalue weighted by molar-refractivity contribution is -0.143. The van der Waals surface area contributed by atoms with Crippen LogP contribution in [0.1, 0.15) is 66.7 Å². The van der Waals surface area contributed by atoms with Crippen LogP contribution in [0, 0.1) is 11.2 Å². The number of aliphatic hydroxyl groups excluding tert-OH is 1. The van der Waals surface area contributed by atoms with Crippen LogP contribution in [0.4, 0.5) is 20.6 Å². The molecule has 3 aromatic rings. The van der Waals surface area contributed by atoms with Crippen molar-refractivity contribution in [2.75, 3.05) is 23.8 Å². The first kappa shape index (κ1) is 34.5. The summed E-state index contributed by atoms with van der Waals surface area (Å²) in [4.78, 5) is 37.0. The second kappa shape index (κ2) is 16.8. The number of benzene rings is 3. The Morgan fingerprint density at radius 2 is 1.69 bits per heavy atom. The molecule has 0 aliphatic rings. The van der Waals surface area contributed by atoms with Crippen molar-refractivity contribution < 1.29 is 38.1 Å². The highest BCUT2D eigenvalue weighted by atomic mass is 19.1. The minimum absolute atomic E-state index is 0.0424. The molecule has 0 aliphatic carbocycles. The number of esters is 1. The summed E-state index contributed by atoms with van der Waals surface area (Å²) in [6, 6.07) is 13.5. The predicted molar refractivity (Wildman–Crippen MR) is 168 cm³/mol. The van der Waals surface area contributed by atoms with Crippen LogP contribution in [0.5, 0.6) is 5.75 Å². The zero-order valence-electron chi connectivity index (χ0n) is 25.8. The van der Waals surface area contributed by atoms with Gasteiger partial charge in [0.25, 0.3) is 5.91 Å². The third kappa shape index (κ3) is 10.3. The average molecular weight is 623 g/mol. The van der Waals surface area contributed by atoms with Crippen molar-refractivity contribution in [1.29, 1.82) is 5.41 Å². The van der Waals surface area contributed by atoms with Crippen LogP contribution in [0.2, 0.25) is 0 Å². The molecule has 0 radical (unpaired) electrons. The van der Waals surface area contributed by atoms with Crippen LogP contribution >= 0.6 is 0 Å². The number of amides is 2. The Labute approximate surface area is 261 Å². The van der Waals surface area contributed by atoms with E-state index in [1.54, 1.807) is 38.1 Å². The number of aliphatic hydroxyl groups is 1. The lowest BCUT2D eigenvalue weighted by Crippen LogP contribution is -2.31. The van der Waals surface area contributed by atoms with Crippen LogP contribution < -0.4 is 20.7 Å². The van der Waals surface area contributed by atoms with Crippen molar-refractivity contribution in [3.8, 4) is 5.75 Å². The van der Waals surface area contributed by atoms with Crippen LogP contribution in [-0.4, -0.2) is 48.2 Å². The smallest absolute Gasteiger partial charge is 0.412 e. The Bertz CT molecular complexity index is 1510. The Morgan fingerprint density at radius 3 is 2.33 bits per heavy atom. The molecule has 12 heteroatoms. The largest absolute Gasteiger partial charge is 0.491 e. The molecule has 0 spiro atoms. The summed E-state index contributed by atoms with van der Waals surface area (Å²) in [5, 5.41) is 26.1. The quantitative estimate of drug-likeness (QED) is 0.0891. The maximum Gasteiger partial charge on any atom is 0.412 e. The number of alkyl carbamates (subject to hydrolysis) is 1. The third-order valence-corrected chi connectivity index (χ3v) is 6.42. The van der Waals surface area contributed by atoms with E-state index in [0.29, 0.717) is 34.7 Å².